The molecule has 3 aromatic rings. The van der Waals surface area contributed by atoms with Crippen LogP contribution in [0.25, 0.3) is 5.52 Å². The van der Waals surface area contributed by atoms with Crippen LogP contribution in [0.1, 0.15) is 67.0 Å². The first kappa shape index (κ1) is 19.2. The minimum absolute atomic E-state index is 0.320. The maximum absolute atomic E-state index is 12.9. The molecule has 29 heavy (non-hydrogen) atoms. The van der Waals surface area contributed by atoms with Crippen LogP contribution in [-0.2, 0) is 4.79 Å². The highest BCUT2D eigenvalue weighted by atomic mass is 16.5. The molecule has 0 saturated heterocycles. The number of hydrogen-bond acceptors (Lipinski definition) is 5. The van der Waals surface area contributed by atoms with Crippen molar-refractivity contribution in [1.82, 2.24) is 19.9 Å². The Hall–Kier alpha value is -3.16. The standard InChI is InChI=1S/C21H25N5O3/c1-13-12-17(25-29-13)23-20(27)14(2)22-21(28)18-16-10-6-7-11-26(16)19(24-18)15-8-4-3-5-9-15/h6-7,10-12,14-15H,3-5,8-9H2,1-2H3,(H,22,28)(H,23,25,27). The number of aromatic nitrogens is 3. The van der Waals surface area contributed by atoms with Crippen molar-refractivity contribution in [3.63, 3.8) is 0 Å². The van der Waals surface area contributed by atoms with Crippen molar-refractivity contribution < 1.29 is 14.1 Å². The molecule has 4 rings (SSSR count). The van der Waals surface area contributed by atoms with Crippen molar-refractivity contribution in [2.24, 2.45) is 0 Å². The number of anilines is 1. The molecule has 1 aliphatic rings. The molecule has 3 aromatic heterocycles. The lowest BCUT2D eigenvalue weighted by Gasteiger charge is -2.20. The normalized spacial score (nSPS) is 15.9. The molecule has 0 aromatic carbocycles. The molecule has 0 spiro atoms. The number of imidazole rings is 1. The van der Waals surface area contributed by atoms with E-state index in [9.17, 15) is 9.59 Å². The van der Waals surface area contributed by atoms with Crippen molar-refractivity contribution in [3.05, 3.63) is 47.7 Å². The molecule has 2 amide bonds. The summed E-state index contributed by atoms with van der Waals surface area (Å²) >= 11 is 0. The maximum Gasteiger partial charge on any atom is 0.272 e. The molecule has 152 valence electrons. The van der Waals surface area contributed by atoms with Gasteiger partial charge in [-0.2, -0.15) is 0 Å². The second-order valence-corrected chi connectivity index (χ2v) is 7.62. The van der Waals surface area contributed by atoms with Gasteiger partial charge in [-0.15, -0.1) is 0 Å². The molecule has 8 nitrogen and oxygen atoms in total. The first-order chi connectivity index (χ1) is 14.0. The van der Waals surface area contributed by atoms with E-state index in [1.54, 1.807) is 19.9 Å². The molecule has 3 heterocycles. The van der Waals surface area contributed by atoms with Gasteiger partial charge in [0.25, 0.3) is 5.91 Å². The molecule has 0 radical (unpaired) electrons. The van der Waals surface area contributed by atoms with E-state index in [4.69, 9.17) is 9.51 Å². The van der Waals surface area contributed by atoms with Crippen LogP contribution in [0.2, 0.25) is 0 Å². The van der Waals surface area contributed by atoms with Gasteiger partial charge in [0.15, 0.2) is 11.5 Å². The summed E-state index contributed by atoms with van der Waals surface area (Å²) in [7, 11) is 0. The Balaban J connectivity index is 1.52. The van der Waals surface area contributed by atoms with E-state index >= 15 is 0 Å². The fourth-order valence-electron chi connectivity index (χ4n) is 3.87. The highest BCUT2D eigenvalue weighted by Crippen LogP contribution is 2.33. The summed E-state index contributed by atoms with van der Waals surface area (Å²) in [6.45, 7) is 3.36. The van der Waals surface area contributed by atoms with E-state index in [0.717, 1.165) is 24.2 Å². The lowest BCUT2D eigenvalue weighted by molar-refractivity contribution is -0.117. The van der Waals surface area contributed by atoms with Crippen LogP contribution in [0.4, 0.5) is 5.82 Å². The predicted octanol–water partition coefficient (Wildman–Crippen LogP) is 3.44. The zero-order valence-corrected chi connectivity index (χ0v) is 16.6. The number of aryl methyl sites for hydroxylation is 1. The number of pyridine rings is 1. The van der Waals surface area contributed by atoms with E-state index < -0.39 is 6.04 Å². The third-order valence-corrected chi connectivity index (χ3v) is 5.38. The van der Waals surface area contributed by atoms with Crippen LogP contribution < -0.4 is 10.6 Å². The Labute approximate surface area is 168 Å². The number of carbonyl (C=O) groups excluding carboxylic acids is 2. The second kappa shape index (κ2) is 8.06. The average Bonchev–Trinajstić information content (AvgIpc) is 3.32. The molecule has 0 aliphatic heterocycles. The van der Waals surface area contributed by atoms with Gasteiger partial charge in [0, 0.05) is 18.2 Å². The van der Waals surface area contributed by atoms with Crippen molar-refractivity contribution in [3.8, 4) is 0 Å². The fourth-order valence-corrected chi connectivity index (χ4v) is 3.87. The highest BCUT2D eigenvalue weighted by molar-refractivity contribution is 6.03. The number of rotatable bonds is 5. The highest BCUT2D eigenvalue weighted by Gasteiger charge is 2.26. The monoisotopic (exact) mass is 395 g/mol. The summed E-state index contributed by atoms with van der Waals surface area (Å²) in [6, 6.07) is 6.58. The van der Waals surface area contributed by atoms with Crippen LogP contribution in [0.3, 0.4) is 0 Å². The SMILES string of the molecule is Cc1cc(NC(=O)C(C)NC(=O)c2nc(C3CCCCC3)n3ccccc23)no1. The van der Waals surface area contributed by atoms with Gasteiger partial charge in [-0.05, 0) is 38.8 Å². The zero-order chi connectivity index (χ0) is 20.4. The molecule has 1 fully saturated rings. The number of amides is 2. The lowest BCUT2D eigenvalue weighted by atomic mass is 9.89. The average molecular weight is 395 g/mol. The summed E-state index contributed by atoms with van der Waals surface area (Å²) in [5.74, 6) is 1.46. The Kier molecular flexibility index (Phi) is 5.33. The zero-order valence-electron chi connectivity index (χ0n) is 16.6. The molecule has 1 atom stereocenters. The van der Waals surface area contributed by atoms with Crippen molar-refractivity contribution in [2.75, 3.05) is 5.32 Å². The summed E-state index contributed by atoms with van der Waals surface area (Å²) in [6.07, 6.45) is 7.76. The quantitative estimate of drug-likeness (QED) is 0.689. The second-order valence-electron chi connectivity index (χ2n) is 7.62. The van der Waals surface area contributed by atoms with E-state index in [0.29, 0.717) is 23.2 Å². The van der Waals surface area contributed by atoms with Gasteiger partial charge in [0.2, 0.25) is 5.91 Å². The topological polar surface area (TPSA) is 102 Å². The van der Waals surface area contributed by atoms with Crippen LogP contribution in [-0.4, -0.2) is 32.4 Å². The molecule has 0 bridgehead atoms. The van der Waals surface area contributed by atoms with Crippen LogP contribution in [0.5, 0.6) is 0 Å². The molecule has 2 N–H and O–H groups in total. The summed E-state index contributed by atoms with van der Waals surface area (Å²) in [5, 5.41) is 9.11. The van der Waals surface area contributed by atoms with E-state index in [-0.39, 0.29) is 11.8 Å². The number of nitrogens with zero attached hydrogens (tertiary/aromatic N) is 3. The predicted molar refractivity (Wildman–Crippen MR) is 108 cm³/mol. The summed E-state index contributed by atoms with van der Waals surface area (Å²) in [4.78, 5) is 30.0. The first-order valence-corrected chi connectivity index (χ1v) is 10.0. The Morgan fingerprint density at radius 3 is 2.76 bits per heavy atom. The molecular formula is C21H25N5O3. The van der Waals surface area contributed by atoms with Gasteiger partial charge >= 0.3 is 0 Å². The van der Waals surface area contributed by atoms with Gasteiger partial charge in [0.1, 0.15) is 17.6 Å². The molecule has 1 unspecified atom stereocenters. The Morgan fingerprint density at radius 2 is 2.03 bits per heavy atom. The van der Waals surface area contributed by atoms with Crippen molar-refractivity contribution in [1.29, 1.82) is 0 Å². The van der Waals surface area contributed by atoms with Crippen LogP contribution in [0.15, 0.2) is 35.0 Å². The lowest BCUT2D eigenvalue weighted by Crippen LogP contribution is -2.41. The van der Waals surface area contributed by atoms with Crippen molar-refractivity contribution in [2.45, 2.75) is 57.9 Å². The van der Waals surface area contributed by atoms with Crippen molar-refractivity contribution >= 4 is 23.1 Å². The van der Waals surface area contributed by atoms with E-state index in [1.807, 2.05) is 28.8 Å². The van der Waals surface area contributed by atoms with Gasteiger partial charge < -0.3 is 19.6 Å². The molecular weight excluding hydrogens is 370 g/mol. The van der Waals surface area contributed by atoms with Gasteiger partial charge in [-0.1, -0.05) is 30.5 Å². The fraction of sp³-hybridized carbons (Fsp3) is 0.429. The van der Waals surface area contributed by atoms with Crippen LogP contribution >= 0.6 is 0 Å². The molecule has 8 heteroatoms. The largest absolute Gasteiger partial charge is 0.360 e. The number of carbonyl (C=O) groups is 2. The summed E-state index contributed by atoms with van der Waals surface area (Å²) in [5.41, 5.74) is 1.11. The van der Waals surface area contributed by atoms with E-state index in [2.05, 4.69) is 15.8 Å². The Morgan fingerprint density at radius 1 is 1.24 bits per heavy atom. The third kappa shape index (κ3) is 4.01. The van der Waals surface area contributed by atoms with Gasteiger partial charge in [-0.3, -0.25) is 9.59 Å². The number of fused-ring (bicyclic) bond motifs is 1. The maximum atomic E-state index is 12.9. The van der Waals surface area contributed by atoms with Gasteiger partial charge in [-0.25, -0.2) is 4.98 Å². The number of nitrogens with one attached hydrogen (secondary N) is 2. The van der Waals surface area contributed by atoms with E-state index in [1.165, 1.54) is 19.3 Å². The molecule has 1 aliphatic carbocycles. The minimum Gasteiger partial charge on any atom is -0.360 e. The molecule has 1 saturated carbocycles. The summed E-state index contributed by atoms with van der Waals surface area (Å²) < 4.78 is 6.95. The Bertz CT molecular complexity index is 1030. The smallest absolute Gasteiger partial charge is 0.272 e. The number of hydrogen-bond donors (Lipinski definition) is 2. The van der Waals surface area contributed by atoms with Crippen LogP contribution in [0, 0.1) is 6.92 Å². The van der Waals surface area contributed by atoms with Gasteiger partial charge in [0.05, 0.1) is 5.52 Å². The minimum atomic E-state index is -0.752. The third-order valence-electron chi connectivity index (χ3n) is 5.38. The first-order valence-electron chi connectivity index (χ1n) is 10.0.